The fourth-order valence-electron chi connectivity index (χ4n) is 1.81. The van der Waals surface area contributed by atoms with Gasteiger partial charge in [0.1, 0.15) is 5.75 Å². The minimum Gasteiger partial charge on any atom is -0.434 e. The van der Waals surface area contributed by atoms with Gasteiger partial charge in [-0.05, 0) is 38.2 Å². The Hall–Kier alpha value is -1.80. The summed E-state index contributed by atoms with van der Waals surface area (Å²) in [6.45, 7) is -0.886. The maximum Gasteiger partial charge on any atom is 0.387 e. The quantitative estimate of drug-likeness (QED) is 0.783. The first-order chi connectivity index (χ1) is 11.0. The van der Waals surface area contributed by atoms with E-state index < -0.39 is 6.61 Å². The van der Waals surface area contributed by atoms with E-state index in [2.05, 4.69) is 36.1 Å². The Balaban J connectivity index is 2.15. The summed E-state index contributed by atoms with van der Waals surface area (Å²) in [5, 5.41) is 6.95. The van der Waals surface area contributed by atoms with Crippen molar-refractivity contribution in [3.8, 4) is 5.75 Å². The lowest BCUT2D eigenvalue weighted by Gasteiger charge is -2.08. The van der Waals surface area contributed by atoms with E-state index in [1.807, 2.05) is 14.0 Å². The zero-order chi connectivity index (χ0) is 16.8. The number of alkyl halides is 2. The fourth-order valence-corrected chi connectivity index (χ4v) is 2.19. The highest BCUT2D eigenvalue weighted by atomic mass is 79.9. The van der Waals surface area contributed by atoms with Crippen molar-refractivity contribution in [1.82, 2.24) is 15.5 Å². The molecule has 1 atom stereocenters. The average molecular weight is 388 g/mol. The van der Waals surface area contributed by atoms with E-state index in [1.165, 1.54) is 6.07 Å². The molecule has 0 aliphatic rings. The molecule has 124 valence electrons. The molecule has 0 fully saturated rings. The van der Waals surface area contributed by atoms with Crippen molar-refractivity contribution in [2.45, 2.75) is 26.0 Å². The van der Waals surface area contributed by atoms with E-state index >= 15 is 0 Å². The second kappa shape index (κ2) is 8.16. The predicted octanol–water partition coefficient (Wildman–Crippen LogP) is 3.75. The highest BCUT2D eigenvalue weighted by molar-refractivity contribution is 9.10. The smallest absolute Gasteiger partial charge is 0.387 e. The van der Waals surface area contributed by atoms with Gasteiger partial charge in [-0.25, -0.2) is 0 Å². The molecular weight excluding hydrogens is 372 g/mol. The Bertz CT molecular complexity index is 676. The SMILES string of the molecule is CNC(C)Cc1noc(/C=C/c2cc(Br)ccc2OC(F)F)n1. The molecule has 1 unspecified atom stereocenters. The average Bonchev–Trinajstić information content (AvgIpc) is 2.94. The van der Waals surface area contributed by atoms with Crippen LogP contribution in [0.4, 0.5) is 8.78 Å². The highest BCUT2D eigenvalue weighted by Gasteiger charge is 2.10. The number of hydrogen-bond donors (Lipinski definition) is 1. The lowest BCUT2D eigenvalue weighted by Crippen LogP contribution is -2.24. The molecule has 2 rings (SSSR count). The minimum atomic E-state index is -2.89. The molecule has 0 aliphatic carbocycles. The summed E-state index contributed by atoms with van der Waals surface area (Å²) in [6, 6.07) is 4.97. The van der Waals surface area contributed by atoms with Gasteiger partial charge in [-0.1, -0.05) is 21.1 Å². The standard InChI is InChI=1S/C15H16BrF2N3O2/c1-9(19-2)7-13-20-14(23-21-13)6-3-10-8-11(16)4-5-12(10)22-15(17)18/h3-6,8-9,15,19H,7H2,1-2H3/b6-3+. The van der Waals surface area contributed by atoms with Gasteiger partial charge in [-0.2, -0.15) is 13.8 Å². The largest absolute Gasteiger partial charge is 0.434 e. The van der Waals surface area contributed by atoms with Gasteiger partial charge in [0.25, 0.3) is 5.89 Å². The molecule has 0 saturated carbocycles. The number of ether oxygens (including phenoxy) is 1. The Morgan fingerprint density at radius 3 is 2.87 bits per heavy atom. The van der Waals surface area contributed by atoms with Gasteiger partial charge in [0, 0.05) is 28.6 Å². The molecule has 5 nitrogen and oxygen atoms in total. The lowest BCUT2D eigenvalue weighted by molar-refractivity contribution is -0.0499. The molecule has 0 aliphatic heterocycles. The summed E-state index contributed by atoms with van der Waals surface area (Å²) in [5.74, 6) is 0.944. The Morgan fingerprint density at radius 1 is 1.39 bits per heavy atom. The molecule has 8 heteroatoms. The van der Waals surface area contributed by atoms with Crippen molar-refractivity contribution in [3.63, 3.8) is 0 Å². The van der Waals surface area contributed by atoms with E-state index in [0.29, 0.717) is 23.7 Å². The van der Waals surface area contributed by atoms with Crippen LogP contribution >= 0.6 is 15.9 Å². The van der Waals surface area contributed by atoms with Gasteiger partial charge in [0.05, 0.1) is 0 Å². The Morgan fingerprint density at radius 2 is 2.17 bits per heavy atom. The predicted molar refractivity (Wildman–Crippen MR) is 86.2 cm³/mol. The number of likely N-dealkylation sites (N-methyl/N-ethyl adjacent to an activating group) is 1. The van der Waals surface area contributed by atoms with Crippen molar-refractivity contribution in [1.29, 1.82) is 0 Å². The monoisotopic (exact) mass is 387 g/mol. The third kappa shape index (κ3) is 5.40. The topological polar surface area (TPSA) is 60.2 Å². The van der Waals surface area contributed by atoms with Crippen LogP contribution in [-0.4, -0.2) is 29.8 Å². The van der Waals surface area contributed by atoms with E-state index in [-0.39, 0.29) is 11.8 Å². The van der Waals surface area contributed by atoms with Crippen molar-refractivity contribution in [2.24, 2.45) is 0 Å². The van der Waals surface area contributed by atoms with Gasteiger partial charge in [-0.3, -0.25) is 0 Å². The van der Waals surface area contributed by atoms with Crippen LogP contribution in [0.3, 0.4) is 0 Å². The van der Waals surface area contributed by atoms with Crippen LogP contribution in [-0.2, 0) is 6.42 Å². The normalized spacial score (nSPS) is 13.0. The molecule has 2 aromatic rings. The molecular formula is C15H16BrF2N3O2. The molecule has 0 spiro atoms. The zero-order valence-corrected chi connectivity index (χ0v) is 14.2. The lowest BCUT2D eigenvalue weighted by atomic mass is 10.2. The second-order valence-corrected chi connectivity index (χ2v) is 5.75. The number of benzene rings is 1. The molecule has 0 amide bonds. The fraction of sp³-hybridized carbons (Fsp3) is 0.333. The molecule has 0 bridgehead atoms. The van der Waals surface area contributed by atoms with Crippen molar-refractivity contribution >= 4 is 28.1 Å². The van der Waals surface area contributed by atoms with Gasteiger partial charge < -0.3 is 14.6 Å². The maximum atomic E-state index is 12.4. The molecule has 1 aromatic heterocycles. The van der Waals surface area contributed by atoms with Crippen molar-refractivity contribution in [2.75, 3.05) is 7.05 Å². The summed E-state index contributed by atoms with van der Waals surface area (Å²) in [7, 11) is 1.85. The van der Waals surface area contributed by atoms with Gasteiger partial charge >= 0.3 is 6.61 Å². The van der Waals surface area contributed by atoms with Crippen molar-refractivity contribution in [3.05, 3.63) is 40.0 Å². The first-order valence-corrected chi connectivity index (χ1v) is 7.69. The third-order valence-corrected chi connectivity index (χ3v) is 3.55. The number of halogens is 3. The molecule has 1 heterocycles. The first kappa shape index (κ1) is 17.6. The van der Waals surface area contributed by atoms with Crippen LogP contribution in [0, 0.1) is 0 Å². The number of nitrogens with one attached hydrogen (secondary N) is 1. The highest BCUT2D eigenvalue weighted by Crippen LogP contribution is 2.26. The molecule has 1 aromatic carbocycles. The second-order valence-electron chi connectivity index (χ2n) is 4.84. The van der Waals surface area contributed by atoms with Crippen LogP contribution in [0.15, 0.2) is 27.2 Å². The molecule has 1 N–H and O–H groups in total. The number of aromatic nitrogens is 2. The van der Waals surface area contributed by atoms with E-state index in [4.69, 9.17) is 4.52 Å². The Kier molecular flexibility index (Phi) is 6.23. The Labute approximate surface area is 140 Å². The summed E-state index contributed by atoms with van der Waals surface area (Å²) in [5.41, 5.74) is 0.475. The molecule has 0 radical (unpaired) electrons. The van der Waals surface area contributed by atoms with Crippen LogP contribution in [0.1, 0.15) is 24.2 Å². The summed E-state index contributed by atoms with van der Waals surface area (Å²) < 4.78 is 35.2. The van der Waals surface area contributed by atoms with E-state index in [0.717, 1.165) is 4.47 Å². The van der Waals surface area contributed by atoms with Crippen molar-refractivity contribution < 1.29 is 18.0 Å². The summed E-state index contributed by atoms with van der Waals surface area (Å²) >= 11 is 3.29. The zero-order valence-electron chi connectivity index (χ0n) is 12.6. The van der Waals surface area contributed by atoms with Gasteiger partial charge in [0.15, 0.2) is 5.82 Å². The van der Waals surface area contributed by atoms with E-state index in [1.54, 1.807) is 24.3 Å². The molecule has 23 heavy (non-hydrogen) atoms. The third-order valence-electron chi connectivity index (χ3n) is 3.06. The molecule has 0 saturated heterocycles. The minimum absolute atomic E-state index is 0.0722. The van der Waals surface area contributed by atoms with Gasteiger partial charge in [-0.15, -0.1) is 0 Å². The number of hydrogen-bond acceptors (Lipinski definition) is 5. The maximum absolute atomic E-state index is 12.4. The van der Waals surface area contributed by atoms with Crippen LogP contribution in [0.2, 0.25) is 0 Å². The summed E-state index contributed by atoms with van der Waals surface area (Å²) in [4.78, 5) is 4.22. The van der Waals surface area contributed by atoms with Gasteiger partial charge in [0.2, 0.25) is 0 Å². The number of rotatable bonds is 7. The first-order valence-electron chi connectivity index (χ1n) is 6.90. The van der Waals surface area contributed by atoms with Crippen LogP contribution < -0.4 is 10.1 Å². The van der Waals surface area contributed by atoms with Crippen LogP contribution in [0.25, 0.3) is 12.2 Å². The van der Waals surface area contributed by atoms with Crippen LogP contribution in [0.5, 0.6) is 5.75 Å². The summed E-state index contributed by atoms with van der Waals surface area (Å²) in [6.07, 6.45) is 3.77. The van der Waals surface area contributed by atoms with E-state index in [9.17, 15) is 8.78 Å². The number of nitrogens with zero attached hydrogens (tertiary/aromatic N) is 2.